The minimum Gasteiger partial charge on any atom is -0.341 e. The van der Waals surface area contributed by atoms with Gasteiger partial charge in [0.1, 0.15) is 5.65 Å². The molecule has 0 radical (unpaired) electrons. The fraction of sp³-hybridized carbons (Fsp3) is 0.211. The first kappa shape index (κ1) is 15.4. The molecule has 2 aromatic carbocycles. The number of nitrogens with one attached hydrogen (secondary N) is 1. The molecule has 4 nitrogen and oxygen atoms in total. The molecule has 122 valence electrons. The molecule has 24 heavy (non-hydrogen) atoms. The number of hydrogen-bond donors (Lipinski definition) is 2. The lowest BCUT2D eigenvalue weighted by Crippen LogP contribution is -2.12. The quantitative estimate of drug-likeness (QED) is 0.519. The third kappa shape index (κ3) is 2.36. The Morgan fingerprint density at radius 3 is 2.83 bits per heavy atom. The summed E-state index contributed by atoms with van der Waals surface area (Å²) in [5, 5.41) is 4.58. The summed E-state index contributed by atoms with van der Waals surface area (Å²) in [5.41, 5.74) is 9.04. The predicted molar refractivity (Wildman–Crippen MR) is 104 cm³/mol. The molecule has 5 heteroatoms. The maximum Gasteiger partial charge on any atom is 0.120 e. The Bertz CT molecular complexity index is 1120. The van der Waals surface area contributed by atoms with Gasteiger partial charge in [0.2, 0.25) is 0 Å². The Balaban J connectivity index is 2.25. The number of halogens is 1. The molecule has 0 bridgehead atoms. The summed E-state index contributed by atoms with van der Waals surface area (Å²) < 4.78 is 3.27. The molecule has 0 atom stereocenters. The van der Waals surface area contributed by atoms with E-state index in [1.54, 1.807) is 0 Å². The van der Waals surface area contributed by atoms with E-state index in [9.17, 15) is 0 Å². The number of H-pyrrole nitrogens is 1. The lowest BCUT2D eigenvalue weighted by molar-refractivity contribution is 0.831. The van der Waals surface area contributed by atoms with Crippen LogP contribution in [0.5, 0.6) is 0 Å². The van der Waals surface area contributed by atoms with Crippen LogP contribution in [0.1, 0.15) is 6.42 Å². The zero-order valence-corrected chi connectivity index (χ0v) is 15.1. The van der Waals surface area contributed by atoms with Gasteiger partial charge in [0.15, 0.2) is 0 Å². The van der Waals surface area contributed by atoms with Crippen LogP contribution >= 0.6 is 15.9 Å². The van der Waals surface area contributed by atoms with Crippen LogP contribution in [-0.2, 0) is 7.05 Å². The van der Waals surface area contributed by atoms with E-state index in [4.69, 9.17) is 10.7 Å². The van der Waals surface area contributed by atoms with Crippen LogP contribution < -0.4 is 11.1 Å². The lowest BCUT2D eigenvalue weighted by Gasteiger charge is -2.10. The van der Waals surface area contributed by atoms with Crippen LogP contribution in [0.3, 0.4) is 0 Å². The number of aromatic nitrogens is 2. The Morgan fingerprint density at radius 1 is 1.17 bits per heavy atom. The molecule has 0 saturated heterocycles. The number of benzene rings is 2. The molecule has 0 spiro atoms. The van der Waals surface area contributed by atoms with Crippen molar-refractivity contribution in [3.8, 4) is 0 Å². The second-order valence-electron chi connectivity index (χ2n) is 5.99. The monoisotopic (exact) mass is 382 g/mol. The number of nitrogens with two attached hydrogens (primary N) is 1. The van der Waals surface area contributed by atoms with Gasteiger partial charge in [-0.15, -0.1) is 0 Å². The van der Waals surface area contributed by atoms with Crippen molar-refractivity contribution in [2.75, 3.05) is 13.1 Å². The van der Waals surface area contributed by atoms with E-state index in [2.05, 4.69) is 75.0 Å². The van der Waals surface area contributed by atoms with Crippen molar-refractivity contribution in [2.24, 2.45) is 17.8 Å². The highest BCUT2D eigenvalue weighted by molar-refractivity contribution is 9.10. The van der Waals surface area contributed by atoms with Gasteiger partial charge < -0.3 is 15.3 Å². The van der Waals surface area contributed by atoms with Crippen molar-refractivity contribution in [3.05, 3.63) is 52.3 Å². The first-order valence-corrected chi connectivity index (χ1v) is 8.89. The fourth-order valence-electron chi connectivity index (χ4n) is 3.31. The normalized spacial score (nSPS) is 12.7. The molecular formula is C19H19BrN4. The number of fused-ring (bicyclic) bond motifs is 4. The Labute approximate surface area is 148 Å². The van der Waals surface area contributed by atoms with Crippen LogP contribution in [0, 0.1) is 0 Å². The lowest BCUT2D eigenvalue weighted by atomic mass is 10.1. The number of hydrogen-bond acceptors (Lipinski definition) is 2. The summed E-state index contributed by atoms with van der Waals surface area (Å²) in [6.45, 7) is 1.39. The van der Waals surface area contributed by atoms with Gasteiger partial charge in [-0.25, -0.2) is 0 Å². The molecule has 0 unspecified atom stereocenters. The average Bonchev–Trinajstić information content (AvgIpc) is 2.97. The summed E-state index contributed by atoms with van der Waals surface area (Å²) in [4.78, 5) is 8.47. The van der Waals surface area contributed by atoms with Crippen LogP contribution in [0.15, 0.2) is 51.9 Å². The maximum absolute atomic E-state index is 5.66. The van der Waals surface area contributed by atoms with Gasteiger partial charge in [0.05, 0.1) is 16.3 Å². The van der Waals surface area contributed by atoms with Crippen LogP contribution in [-0.4, -0.2) is 22.6 Å². The van der Waals surface area contributed by atoms with E-state index >= 15 is 0 Å². The number of rotatable bonds is 3. The first-order valence-electron chi connectivity index (χ1n) is 8.10. The largest absolute Gasteiger partial charge is 0.341 e. The molecule has 0 fully saturated rings. The zero-order chi connectivity index (χ0) is 16.7. The summed E-state index contributed by atoms with van der Waals surface area (Å²) >= 11 is 3.60. The third-order valence-electron chi connectivity index (χ3n) is 4.47. The molecule has 0 saturated carbocycles. The van der Waals surface area contributed by atoms with E-state index < -0.39 is 0 Å². The summed E-state index contributed by atoms with van der Waals surface area (Å²) in [7, 11) is 2.09. The fourth-order valence-corrected chi connectivity index (χ4v) is 3.67. The molecule has 0 aliphatic rings. The van der Waals surface area contributed by atoms with Crippen molar-refractivity contribution in [1.29, 1.82) is 0 Å². The van der Waals surface area contributed by atoms with Crippen molar-refractivity contribution in [2.45, 2.75) is 6.42 Å². The molecule has 2 aromatic heterocycles. The van der Waals surface area contributed by atoms with Gasteiger partial charge >= 0.3 is 0 Å². The average molecular weight is 383 g/mol. The molecular weight excluding hydrogens is 364 g/mol. The van der Waals surface area contributed by atoms with Crippen LogP contribution in [0.2, 0.25) is 0 Å². The minimum absolute atomic E-state index is 0.656. The Kier molecular flexibility index (Phi) is 3.90. The number of nitrogens with zero attached hydrogens (tertiary/aromatic N) is 2. The van der Waals surface area contributed by atoms with E-state index in [1.807, 2.05) is 0 Å². The van der Waals surface area contributed by atoms with Gasteiger partial charge in [0, 0.05) is 34.4 Å². The van der Waals surface area contributed by atoms with Crippen molar-refractivity contribution in [3.63, 3.8) is 0 Å². The summed E-state index contributed by atoms with van der Waals surface area (Å²) in [5.74, 6) is 0. The van der Waals surface area contributed by atoms with Crippen molar-refractivity contribution < 1.29 is 0 Å². The first-order chi connectivity index (χ1) is 11.7. The molecule has 0 amide bonds. The third-order valence-corrected chi connectivity index (χ3v) is 4.96. The Hall–Kier alpha value is -2.11. The van der Waals surface area contributed by atoms with Gasteiger partial charge in [0.25, 0.3) is 0 Å². The number of aromatic amines is 1. The number of para-hydroxylation sites is 1. The van der Waals surface area contributed by atoms with E-state index in [1.165, 1.54) is 10.8 Å². The van der Waals surface area contributed by atoms with Crippen LogP contribution in [0.4, 0.5) is 0 Å². The SMILES string of the molecule is Cn1c2ccc(Br)cc2c(=NCCCN)c2c3ccccc3[nH]c21. The van der Waals surface area contributed by atoms with E-state index in [-0.39, 0.29) is 0 Å². The van der Waals surface area contributed by atoms with Gasteiger partial charge in [-0.05, 0) is 37.2 Å². The molecule has 2 heterocycles. The second kappa shape index (κ2) is 6.07. The molecule has 4 aromatic rings. The highest BCUT2D eigenvalue weighted by atomic mass is 79.9. The van der Waals surface area contributed by atoms with Crippen molar-refractivity contribution >= 4 is 48.8 Å². The predicted octanol–water partition coefficient (Wildman–Crippen LogP) is 3.82. The molecule has 3 N–H and O–H groups in total. The number of aryl methyl sites for hydroxylation is 1. The highest BCUT2D eigenvalue weighted by Crippen LogP contribution is 2.26. The van der Waals surface area contributed by atoms with Gasteiger partial charge in [-0.2, -0.15) is 0 Å². The smallest absolute Gasteiger partial charge is 0.120 e. The topological polar surface area (TPSA) is 59.1 Å². The van der Waals surface area contributed by atoms with Crippen LogP contribution in [0.25, 0.3) is 32.8 Å². The second-order valence-corrected chi connectivity index (χ2v) is 6.90. The minimum atomic E-state index is 0.656. The summed E-state index contributed by atoms with van der Waals surface area (Å²) in [6.07, 6.45) is 0.889. The standard InChI is InChI=1S/C19H19BrN4/c1-24-16-8-7-12(20)11-14(16)18(22-10-4-9-21)17-13-5-2-3-6-15(13)23-19(17)24/h2-3,5-8,11,23H,4,9-10,21H2,1H3. The van der Waals surface area contributed by atoms with Crippen molar-refractivity contribution in [1.82, 2.24) is 9.55 Å². The molecule has 0 aliphatic carbocycles. The van der Waals surface area contributed by atoms with E-state index in [0.29, 0.717) is 6.54 Å². The van der Waals surface area contributed by atoms with E-state index in [0.717, 1.165) is 44.9 Å². The number of pyridine rings is 1. The Morgan fingerprint density at radius 2 is 2.00 bits per heavy atom. The van der Waals surface area contributed by atoms with Gasteiger partial charge in [-0.1, -0.05) is 34.1 Å². The zero-order valence-electron chi connectivity index (χ0n) is 13.5. The van der Waals surface area contributed by atoms with Gasteiger partial charge in [-0.3, -0.25) is 4.99 Å². The highest BCUT2D eigenvalue weighted by Gasteiger charge is 2.13. The molecule has 4 rings (SSSR count). The maximum atomic E-state index is 5.66. The summed E-state index contributed by atoms with van der Waals surface area (Å²) in [6, 6.07) is 14.7. The molecule has 0 aliphatic heterocycles.